The molecule has 2 aromatic heterocycles. The predicted molar refractivity (Wildman–Crippen MR) is 88.1 cm³/mol. The van der Waals surface area contributed by atoms with E-state index in [2.05, 4.69) is 26.0 Å². The largest absolute Gasteiger partial charge is 0.469 e. The Bertz CT molecular complexity index is 407. The Morgan fingerprint density at radius 3 is 1.65 bits per heavy atom. The van der Waals surface area contributed by atoms with Gasteiger partial charge in [-0.15, -0.1) is 0 Å². The van der Waals surface area contributed by atoms with Crippen molar-refractivity contribution in [2.45, 2.75) is 26.7 Å². The molecule has 4 heteroatoms. The van der Waals surface area contributed by atoms with Gasteiger partial charge in [0.25, 0.3) is 0 Å². The molecule has 0 saturated heterocycles. The summed E-state index contributed by atoms with van der Waals surface area (Å²) in [6.07, 6.45) is 5.56. The van der Waals surface area contributed by atoms with Gasteiger partial charge >= 0.3 is 0 Å². The minimum absolute atomic E-state index is 0.652. The van der Waals surface area contributed by atoms with E-state index < -0.39 is 0 Å². The van der Waals surface area contributed by atoms with Crippen molar-refractivity contribution >= 4 is 21.6 Å². The number of rotatable bonds is 9. The highest BCUT2D eigenvalue weighted by molar-refractivity contribution is 8.76. The number of furan rings is 2. The third kappa shape index (κ3) is 5.71. The average Bonchev–Trinajstić information content (AvgIpc) is 3.08. The van der Waals surface area contributed by atoms with Crippen LogP contribution in [0.2, 0.25) is 0 Å². The van der Waals surface area contributed by atoms with E-state index in [1.165, 1.54) is 11.5 Å². The van der Waals surface area contributed by atoms with E-state index in [4.69, 9.17) is 8.83 Å². The standard InChI is InChI=1S/C16H22O2S2/c1-13(9-15-5-3-7-17-15)11-19-20-12-14(2)10-16-6-4-8-18-16/h3-8,13-14H,9-12H2,1-2H3. The lowest BCUT2D eigenvalue weighted by Crippen LogP contribution is -2.03. The number of hydrogen-bond acceptors (Lipinski definition) is 4. The molecule has 0 saturated carbocycles. The summed E-state index contributed by atoms with van der Waals surface area (Å²) in [7, 11) is 3.94. The zero-order valence-corrected chi connectivity index (χ0v) is 13.7. The quantitative estimate of drug-likeness (QED) is 0.463. The van der Waals surface area contributed by atoms with E-state index in [0.717, 1.165) is 24.4 Å². The molecular weight excluding hydrogens is 288 g/mol. The lowest BCUT2D eigenvalue weighted by atomic mass is 10.1. The molecule has 0 radical (unpaired) electrons. The van der Waals surface area contributed by atoms with Gasteiger partial charge in [-0.3, -0.25) is 0 Å². The maximum absolute atomic E-state index is 5.38. The van der Waals surface area contributed by atoms with Gasteiger partial charge in [-0.2, -0.15) is 0 Å². The van der Waals surface area contributed by atoms with Gasteiger partial charge in [0.15, 0.2) is 0 Å². The molecule has 2 rings (SSSR count). The van der Waals surface area contributed by atoms with E-state index in [1.807, 2.05) is 33.7 Å². The van der Waals surface area contributed by atoms with Crippen molar-refractivity contribution in [2.75, 3.05) is 11.5 Å². The molecule has 20 heavy (non-hydrogen) atoms. The van der Waals surface area contributed by atoms with Crippen LogP contribution in [0.1, 0.15) is 25.4 Å². The molecule has 0 spiro atoms. The molecule has 0 aliphatic rings. The first-order chi connectivity index (χ1) is 9.74. The van der Waals surface area contributed by atoms with Gasteiger partial charge in [-0.1, -0.05) is 35.4 Å². The van der Waals surface area contributed by atoms with E-state index in [-0.39, 0.29) is 0 Å². The molecule has 0 fully saturated rings. The lowest BCUT2D eigenvalue weighted by Gasteiger charge is -2.11. The van der Waals surface area contributed by atoms with Crippen LogP contribution >= 0.6 is 21.6 Å². The van der Waals surface area contributed by atoms with Crippen LogP contribution in [0.15, 0.2) is 45.6 Å². The number of hydrogen-bond donors (Lipinski definition) is 0. The molecule has 0 aliphatic carbocycles. The fourth-order valence-electron chi connectivity index (χ4n) is 1.99. The molecule has 2 aromatic rings. The minimum Gasteiger partial charge on any atom is -0.469 e. The molecule has 0 aromatic carbocycles. The molecule has 0 bridgehead atoms. The van der Waals surface area contributed by atoms with Gasteiger partial charge in [-0.25, -0.2) is 0 Å². The van der Waals surface area contributed by atoms with Crippen LogP contribution in [0.5, 0.6) is 0 Å². The fourth-order valence-corrected chi connectivity index (χ4v) is 4.85. The van der Waals surface area contributed by atoms with Crippen molar-refractivity contribution in [1.29, 1.82) is 0 Å². The molecule has 0 amide bonds. The van der Waals surface area contributed by atoms with Crippen LogP contribution in [0.4, 0.5) is 0 Å². The Balaban J connectivity index is 1.54. The van der Waals surface area contributed by atoms with Crippen molar-refractivity contribution in [3.63, 3.8) is 0 Å². The van der Waals surface area contributed by atoms with Gasteiger partial charge in [-0.05, 0) is 36.1 Å². The van der Waals surface area contributed by atoms with Gasteiger partial charge < -0.3 is 8.83 Å². The van der Waals surface area contributed by atoms with Crippen molar-refractivity contribution in [2.24, 2.45) is 11.8 Å². The van der Waals surface area contributed by atoms with Crippen LogP contribution in [-0.4, -0.2) is 11.5 Å². The van der Waals surface area contributed by atoms with Crippen LogP contribution in [0.3, 0.4) is 0 Å². The lowest BCUT2D eigenvalue weighted by molar-refractivity contribution is 0.474. The van der Waals surface area contributed by atoms with E-state index in [9.17, 15) is 0 Å². The Labute approximate surface area is 129 Å². The molecule has 2 unspecified atom stereocenters. The maximum Gasteiger partial charge on any atom is 0.104 e. The molecule has 2 heterocycles. The monoisotopic (exact) mass is 310 g/mol. The minimum atomic E-state index is 0.652. The van der Waals surface area contributed by atoms with Crippen LogP contribution in [0, 0.1) is 11.8 Å². The van der Waals surface area contributed by atoms with Gasteiger partial charge in [0.1, 0.15) is 11.5 Å². The second-order valence-corrected chi connectivity index (χ2v) is 7.90. The molecule has 0 aliphatic heterocycles. The normalized spacial score (nSPS) is 14.3. The van der Waals surface area contributed by atoms with Crippen molar-refractivity contribution in [3.05, 3.63) is 48.3 Å². The maximum atomic E-state index is 5.38. The zero-order valence-electron chi connectivity index (χ0n) is 12.1. The summed E-state index contributed by atoms with van der Waals surface area (Å²) in [5.74, 6) is 5.82. The van der Waals surface area contributed by atoms with Gasteiger partial charge in [0.05, 0.1) is 12.5 Å². The Kier molecular flexibility index (Phi) is 6.67. The van der Waals surface area contributed by atoms with Crippen molar-refractivity contribution in [3.8, 4) is 0 Å². The zero-order chi connectivity index (χ0) is 14.2. The molecule has 2 atom stereocenters. The fraction of sp³-hybridized carbons (Fsp3) is 0.500. The summed E-state index contributed by atoms with van der Waals surface area (Å²) in [6.45, 7) is 4.56. The van der Waals surface area contributed by atoms with E-state index in [0.29, 0.717) is 11.8 Å². The Morgan fingerprint density at radius 2 is 1.30 bits per heavy atom. The van der Waals surface area contributed by atoms with Crippen LogP contribution < -0.4 is 0 Å². The Hall–Kier alpha value is -0.740. The SMILES string of the molecule is CC(CSSCC(C)Cc1ccco1)Cc1ccco1. The van der Waals surface area contributed by atoms with Crippen molar-refractivity contribution in [1.82, 2.24) is 0 Å². The summed E-state index contributed by atoms with van der Waals surface area (Å²) in [4.78, 5) is 0. The smallest absolute Gasteiger partial charge is 0.104 e. The second kappa shape index (κ2) is 8.53. The van der Waals surface area contributed by atoms with Crippen molar-refractivity contribution < 1.29 is 8.83 Å². The van der Waals surface area contributed by atoms with E-state index in [1.54, 1.807) is 12.5 Å². The van der Waals surface area contributed by atoms with Gasteiger partial charge in [0.2, 0.25) is 0 Å². The molecule has 110 valence electrons. The Morgan fingerprint density at radius 1 is 0.850 bits per heavy atom. The topological polar surface area (TPSA) is 26.3 Å². The van der Waals surface area contributed by atoms with Crippen LogP contribution in [-0.2, 0) is 12.8 Å². The molecular formula is C16H22O2S2. The first kappa shape index (κ1) is 15.6. The second-order valence-electron chi connectivity index (χ2n) is 5.35. The van der Waals surface area contributed by atoms with E-state index >= 15 is 0 Å². The first-order valence-electron chi connectivity index (χ1n) is 7.03. The highest BCUT2D eigenvalue weighted by Gasteiger charge is 2.09. The first-order valence-corrected chi connectivity index (χ1v) is 9.52. The van der Waals surface area contributed by atoms with Gasteiger partial charge in [0, 0.05) is 24.3 Å². The summed E-state index contributed by atoms with van der Waals surface area (Å²) in [5, 5.41) is 0. The average molecular weight is 310 g/mol. The molecule has 0 N–H and O–H groups in total. The summed E-state index contributed by atoms with van der Waals surface area (Å²) < 4.78 is 10.8. The highest BCUT2D eigenvalue weighted by atomic mass is 33.1. The summed E-state index contributed by atoms with van der Waals surface area (Å²) in [5.41, 5.74) is 0. The third-order valence-electron chi connectivity index (χ3n) is 3.05. The molecule has 2 nitrogen and oxygen atoms in total. The predicted octanol–water partition coefficient (Wildman–Crippen LogP) is 5.31. The third-order valence-corrected chi connectivity index (χ3v) is 5.94. The van der Waals surface area contributed by atoms with Crippen LogP contribution in [0.25, 0.3) is 0 Å². The summed E-state index contributed by atoms with van der Waals surface area (Å²) in [6, 6.07) is 8.03. The highest BCUT2D eigenvalue weighted by Crippen LogP contribution is 2.28. The summed E-state index contributed by atoms with van der Waals surface area (Å²) >= 11 is 0.